The van der Waals surface area contributed by atoms with Crippen LogP contribution in [0.3, 0.4) is 0 Å². The highest BCUT2D eigenvalue weighted by Crippen LogP contribution is 2.38. The van der Waals surface area contributed by atoms with Crippen LogP contribution in [0.4, 0.5) is 13.2 Å². The van der Waals surface area contributed by atoms with E-state index in [1.807, 2.05) is 0 Å². The lowest BCUT2D eigenvalue weighted by atomic mass is 10.0. The van der Waals surface area contributed by atoms with E-state index in [0.29, 0.717) is 6.07 Å². The van der Waals surface area contributed by atoms with Crippen LogP contribution in [0.2, 0.25) is 10.0 Å². The minimum Gasteiger partial charge on any atom is -0.289 e. The fourth-order valence-corrected chi connectivity index (χ4v) is 2.26. The maximum atomic E-state index is 12.8. The van der Waals surface area contributed by atoms with Crippen molar-refractivity contribution in [3.63, 3.8) is 0 Å². The first kappa shape index (κ1) is 14.9. The lowest BCUT2D eigenvalue weighted by molar-refractivity contribution is -0.137. The Morgan fingerprint density at radius 2 is 1.55 bits per heavy atom. The minimum atomic E-state index is -4.65. The van der Waals surface area contributed by atoms with Gasteiger partial charge in [-0.15, -0.1) is 0 Å². The molecule has 0 aliphatic carbocycles. The monoisotopic (exact) mass is 318 g/mol. The van der Waals surface area contributed by atoms with E-state index in [2.05, 4.69) is 0 Å². The summed E-state index contributed by atoms with van der Waals surface area (Å²) in [5.74, 6) is -0.585. The SMILES string of the molecule is O=C(c1ccccc1)c1cc(C(F)(F)F)c(Cl)cc1Cl. The number of hydrogen-bond donors (Lipinski definition) is 0. The fourth-order valence-electron chi connectivity index (χ4n) is 1.69. The van der Waals surface area contributed by atoms with E-state index in [-0.39, 0.29) is 16.1 Å². The maximum Gasteiger partial charge on any atom is 0.417 e. The zero-order valence-electron chi connectivity index (χ0n) is 9.84. The molecule has 0 radical (unpaired) electrons. The van der Waals surface area contributed by atoms with E-state index in [9.17, 15) is 18.0 Å². The highest BCUT2D eigenvalue weighted by Gasteiger charge is 2.34. The molecule has 2 rings (SSSR count). The van der Waals surface area contributed by atoms with Crippen molar-refractivity contribution in [1.29, 1.82) is 0 Å². The van der Waals surface area contributed by atoms with Crippen LogP contribution in [-0.4, -0.2) is 5.78 Å². The first-order chi connectivity index (χ1) is 9.30. The molecule has 6 heteroatoms. The summed E-state index contributed by atoms with van der Waals surface area (Å²) in [4.78, 5) is 12.2. The average Bonchev–Trinajstić information content (AvgIpc) is 2.37. The summed E-state index contributed by atoms with van der Waals surface area (Å²) in [6, 6.07) is 9.54. The molecule has 0 heterocycles. The first-order valence-corrected chi connectivity index (χ1v) is 6.22. The van der Waals surface area contributed by atoms with Crippen LogP contribution >= 0.6 is 23.2 Å². The number of rotatable bonds is 2. The van der Waals surface area contributed by atoms with Crippen LogP contribution in [0.5, 0.6) is 0 Å². The van der Waals surface area contributed by atoms with Crippen LogP contribution in [-0.2, 0) is 6.18 Å². The molecular weight excluding hydrogens is 312 g/mol. The molecule has 0 fully saturated rings. The van der Waals surface area contributed by atoms with Crippen molar-refractivity contribution in [2.45, 2.75) is 6.18 Å². The summed E-state index contributed by atoms with van der Waals surface area (Å²) in [6.45, 7) is 0. The Labute approximate surface area is 122 Å². The fraction of sp³-hybridized carbons (Fsp3) is 0.0714. The van der Waals surface area contributed by atoms with Crippen LogP contribution in [0.1, 0.15) is 21.5 Å². The molecule has 1 nitrogen and oxygen atoms in total. The molecule has 0 N–H and O–H groups in total. The summed E-state index contributed by atoms with van der Waals surface area (Å²) in [5.41, 5.74) is -1.05. The number of halogens is 5. The van der Waals surface area contributed by atoms with Crippen molar-refractivity contribution < 1.29 is 18.0 Å². The summed E-state index contributed by atoms with van der Waals surface area (Å²) < 4.78 is 38.4. The van der Waals surface area contributed by atoms with Crippen LogP contribution in [0, 0.1) is 0 Å². The van der Waals surface area contributed by atoms with E-state index in [1.165, 1.54) is 12.1 Å². The number of ketones is 1. The van der Waals surface area contributed by atoms with Gasteiger partial charge in [-0.2, -0.15) is 13.2 Å². The van der Waals surface area contributed by atoms with Gasteiger partial charge >= 0.3 is 6.18 Å². The maximum absolute atomic E-state index is 12.8. The number of hydrogen-bond acceptors (Lipinski definition) is 1. The van der Waals surface area contributed by atoms with Gasteiger partial charge < -0.3 is 0 Å². The molecule has 20 heavy (non-hydrogen) atoms. The first-order valence-electron chi connectivity index (χ1n) is 5.46. The second kappa shape index (κ2) is 5.46. The largest absolute Gasteiger partial charge is 0.417 e. The van der Waals surface area contributed by atoms with Crippen molar-refractivity contribution in [3.05, 3.63) is 69.2 Å². The van der Waals surface area contributed by atoms with Crippen molar-refractivity contribution in [2.75, 3.05) is 0 Å². The molecule has 2 aromatic carbocycles. The minimum absolute atomic E-state index is 0.114. The van der Waals surface area contributed by atoms with E-state index < -0.39 is 22.5 Å². The van der Waals surface area contributed by atoms with Gasteiger partial charge in [0.05, 0.1) is 15.6 Å². The van der Waals surface area contributed by atoms with Gasteiger partial charge in [0.15, 0.2) is 5.78 Å². The molecule has 0 spiro atoms. The molecule has 0 unspecified atom stereocenters. The highest BCUT2D eigenvalue weighted by molar-refractivity contribution is 6.38. The third-order valence-electron chi connectivity index (χ3n) is 2.64. The standard InChI is InChI=1S/C14H7Cl2F3O/c15-11-7-12(16)10(14(17,18)19)6-9(11)13(20)8-4-2-1-3-5-8/h1-7H. The Hall–Kier alpha value is -1.52. The molecule has 0 aliphatic heterocycles. The summed E-state index contributed by atoms with van der Waals surface area (Å²) >= 11 is 11.3. The summed E-state index contributed by atoms with van der Waals surface area (Å²) in [6.07, 6.45) is -4.65. The van der Waals surface area contributed by atoms with Crippen molar-refractivity contribution >= 4 is 29.0 Å². The van der Waals surface area contributed by atoms with Crippen LogP contribution in [0.25, 0.3) is 0 Å². The molecule has 0 aliphatic rings. The molecule has 0 atom stereocenters. The Bertz CT molecular complexity index is 651. The lowest BCUT2D eigenvalue weighted by Crippen LogP contribution is -2.10. The number of benzene rings is 2. The molecule has 2 aromatic rings. The van der Waals surface area contributed by atoms with E-state index in [0.717, 1.165) is 6.07 Å². The number of carbonyl (C=O) groups is 1. The number of alkyl halides is 3. The molecule has 0 saturated carbocycles. The van der Waals surface area contributed by atoms with Crippen molar-refractivity contribution in [1.82, 2.24) is 0 Å². The molecule has 0 bridgehead atoms. The van der Waals surface area contributed by atoms with Crippen molar-refractivity contribution in [3.8, 4) is 0 Å². The van der Waals surface area contributed by atoms with E-state index in [1.54, 1.807) is 18.2 Å². The van der Waals surface area contributed by atoms with Gasteiger partial charge in [0.25, 0.3) is 0 Å². The number of carbonyl (C=O) groups excluding carboxylic acids is 1. The van der Waals surface area contributed by atoms with Gasteiger partial charge in [0.1, 0.15) is 0 Å². The Balaban J connectivity index is 2.55. The van der Waals surface area contributed by atoms with E-state index in [4.69, 9.17) is 23.2 Å². The Morgan fingerprint density at radius 3 is 2.10 bits per heavy atom. The predicted molar refractivity (Wildman–Crippen MR) is 71.3 cm³/mol. The lowest BCUT2D eigenvalue weighted by Gasteiger charge is -2.12. The second-order valence-electron chi connectivity index (χ2n) is 4.00. The second-order valence-corrected chi connectivity index (χ2v) is 4.82. The third kappa shape index (κ3) is 2.97. The average molecular weight is 319 g/mol. The summed E-state index contributed by atoms with van der Waals surface area (Å²) in [7, 11) is 0. The Kier molecular flexibility index (Phi) is 4.06. The van der Waals surface area contributed by atoms with Crippen LogP contribution in [0.15, 0.2) is 42.5 Å². The van der Waals surface area contributed by atoms with Gasteiger partial charge in [-0.3, -0.25) is 4.79 Å². The Morgan fingerprint density at radius 1 is 0.950 bits per heavy atom. The summed E-state index contributed by atoms with van der Waals surface area (Å²) in [5, 5.41) is -0.649. The third-order valence-corrected chi connectivity index (χ3v) is 3.27. The van der Waals surface area contributed by atoms with Gasteiger partial charge in [0.2, 0.25) is 0 Å². The van der Waals surface area contributed by atoms with Crippen molar-refractivity contribution in [2.24, 2.45) is 0 Å². The molecule has 0 aromatic heterocycles. The highest BCUT2D eigenvalue weighted by atomic mass is 35.5. The quantitative estimate of drug-likeness (QED) is 0.692. The van der Waals surface area contributed by atoms with Gasteiger partial charge in [-0.1, -0.05) is 53.5 Å². The molecule has 104 valence electrons. The predicted octanol–water partition coefficient (Wildman–Crippen LogP) is 5.24. The van der Waals surface area contributed by atoms with E-state index >= 15 is 0 Å². The zero-order chi connectivity index (χ0) is 14.9. The zero-order valence-corrected chi connectivity index (χ0v) is 11.4. The molecule has 0 amide bonds. The van der Waals surface area contributed by atoms with Crippen LogP contribution < -0.4 is 0 Å². The smallest absolute Gasteiger partial charge is 0.289 e. The van der Waals surface area contributed by atoms with Gasteiger partial charge in [-0.25, -0.2) is 0 Å². The van der Waals surface area contributed by atoms with Gasteiger partial charge in [0, 0.05) is 11.1 Å². The topological polar surface area (TPSA) is 17.1 Å². The normalized spacial score (nSPS) is 11.4. The molecule has 0 saturated heterocycles. The van der Waals surface area contributed by atoms with Gasteiger partial charge in [-0.05, 0) is 12.1 Å². The molecular formula is C14H7Cl2F3O.